The van der Waals surface area contributed by atoms with Gasteiger partial charge in [0, 0.05) is 0 Å². The van der Waals surface area contributed by atoms with E-state index in [1.807, 2.05) is 0 Å². The predicted molar refractivity (Wildman–Crippen MR) is 42.4 cm³/mol. The number of oxazole rings is 2. The van der Waals surface area contributed by atoms with Crippen LogP contribution in [0.25, 0.3) is 0 Å². The van der Waals surface area contributed by atoms with Gasteiger partial charge in [0.25, 0.3) is 6.01 Å². The van der Waals surface area contributed by atoms with Crippen LogP contribution in [-0.4, -0.2) is 9.97 Å². The van der Waals surface area contributed by atoms with Gasteiger partial charge in [0.1, 0.15) is 12.5 Å². The molecule has 0 aliphatic rings. The molecule has 0 aromatic carbocycles. The average Bonchev–Trinajstić information content (AvgIpc) is 2.57. The molecule has 0 aliphatic heterocycles. The minimum absolute atomic E-state index is 0. The molecule has 5 N–H and O–H groups in total. The molecule has 0 radical (unpaired) electrons. The molecule has 2 aromatic heterocycles. The molecule has 0 amide bonds. The fourth-order valence-electron chi connectivity index (χ4n) is 0.410. The van der Waals surface area contributed by atoms with Crippen LogP contribution in [0, 0.1) is 0 Å². The number of nitrogen functional groups attached to an aromatic ring is 1. The Morgan fingerprint density at radius 1 is 1.25 bits per heavy atom. The van der Waals surface area contributed by atoms with Crippen LogP contribution in [0.1, 0.15) is 0 Å². The Kier molecular flexibility index (Phi) is 5.03. The molecule has 66 valence electrons. The van der Waals surface area contributed by atoms with Gasteiger partial charge in [0.2, 0.25) is 0 Å². The summed E-state index contributed by atoms with van der Waals surface area (Å²) in [4.78, 5) is 7.08. The standard InChI is InChI=1S/C3H4N2O.C3H3NO.H3N/c4-3-5-1-2-6-3;1-2-5-3-4-1;/h1-2H,(H2,4,5);1-3H;1H3. The molecule has 0 spiro atoms. The highest BCUT2D eigenvalue weighted by atomic mass is 16.3. The molecule has 2 heterocycles. The van der Waals surface area contributed by atoms with Gasteiger partial charge in [-0.25, -0.2) is 9.97 Å². The fourth-order valence-corrected chi connectivity index (χ4v) is 0.410. The molecular formula is C6H10N4O2. The molecule has 0 aliphatic carbocycles. The second-order valence-corrected chi connectivity index (χ2v) is 1.55. The minimum Gasteiger partial charge on any atom is -0.452 e. The van der Waals surface area contributed by atoms with Gasteiger partial charge in [0.05, 0.1) is 12.4 Å². The number of nitrogens with two attached hydrogens (primary N) is 1. The van der Waals surface area contributed by atoms with E-state index < -0.39 is 0 Å². The zero-order chi connectivity index (χ0) is 7.94. The van der Waals surface area contributed by atoms with Crippen molar-refractivity contribution in [2.75, 3.05) is 5.73 Å². The molecule has 2 rings (SSSR count). The molecular weight excluding hydrogens is 160 g/mol. The summed E-state index contributed by atoms with van der Waals surface area (Å²) in [7, 11) is 0. The Labute approximate surface area is 69.0 Å². The van der Waals surface area contributed by atoms with Gasteiger partial charge < -0.3 is 20.7 Å². The van der Waals surface area contributed by atoms with Gasteiger partial charge in [-0.15, -0.1) is 0 Å². The van der Waals surface area contributed by atoms with Crippen LogP contribution in [0.2, 0.25) is 0 Å². The molecule has 6 heteroatoms. The summed E-state index contributed by atoms with van der Waals surface area (Å²) in [5, 5.41) is 0. The van der Waals surface area contributed by atoms with Crippen molar-refractivity contribution in [1.29, 1.82) is 0 Å². The van der Waals surface area contributed by atoms with Crippen molar-refractivity contribution < 1.29 is 8.83 Å². The monoisotopic (exact) mass is 170 g/mol. The second kappa shape index (κ2) is 5.93. The van der Waals surface area contributed by atoms with E-state index in [2.05, 4.69) is 18.8 Å². The summed E-state index contributed by atoms with van der Waals surface area (Å²) in [6, 6.07) is 0.218. The maximum Gasteiger partial charge on any atom is 0.291 e. The van der Waals surface area contributed by atoms with Gasteiger partial charge in [-0.1, -0.05) is 0 Å². The summed E-state index contributed by atoms with van der Waals surface area (Å²) in [5.74, 6) is 0. The molecule has 0 bridgehead atoms. The van der Waals surface area contributed by atoms with E-state index in [-0.39, 0.29) is 12.2 Å². The lowest BCUT2D eigenvalue weighted by Crippen LogP contribution is -1.79. The zero-order valence-corrected chi connectivity index (χ0v) is 6.38. The third-order valence-electron chi connectivity index (χ3n) is 0.799. The van der Waals surface area contributed by atoms with Gasteiger partial charge in [-0.3, -0.25) is 0 Å². The third-order valence-corrected chi connectivity index (χ3v) is 0.799. The average molecular weight is 170 g/mol. The Morgan fingerprint density at radius 3 is 2.25 bits per heavy atom. The molecule has 0 saturated carbocycles. The van der Waals surface area contributed by atoms with E-state index in [0.29, 0.717) is 0 Å². The van der Waals surface area contributed by atoms with Crippen LogP contribution in [0.15, 0.2) is 40.1 Å². The Balaban J connectivity index is 0.000000189. The molecule has 0 unspecified atom stereocenters. The van der Waals surface area contributed by atoms with Gasteiger partial charge in [-0.2, -0.15) is 0 Å². The van der Waals surface area contributed by atoms with Crippen LogP contribution in [0.5, 0.6) is 0 Å². The number of nitrogens with zero attached hydrogens (tertiary/aromatic N) is 2. The molecule has 0 saturated heterocycles. The second-order valence-electron chi connectivity index (χ2n) is 1.55. The lowest BCUT2D eigenvalue weighted by molar-refractivity contribution is 0.558. The summed E-state index contributed by atoms with van der Waals surface area (Å²) in [6.45, 7) is 0. The maximum atomic E-state index is 5.00. The normalized spacial score (nSPS) is 7.67. The SMILES string of the molecule is N.Nc1ncco1.c1cocn1. The smallest absolute Gasteiger partial charge is 0.291 e. The number of aromatic nitrogens is 2. The van der Waals surface area contributed by atoms with Crippen molar-refractivity contribution in [2.45, 2.75) is 0 Å². The molecule has 0 atom stereocenters. The quantitative estimate of drug-likeness (QED) is 0.611. The summed E-state index contributed by atoms with van der Waals surface area (Å²) in [6.07, 6.45) is 7.39. The fraction of sp³-hybridized carbons (Fsp3) is 0. The van der Waals surface area contributed by atoms with Crippen LogP contribution >= 0.6 is 0 Å². The van der Waals surface area contributed by atoms with Crippen molar-refractivity contribution in [3.63, 3.8) is 0 Å². The van der Waals surface area contributed by atoms with E-state index in [0.717, 1.165) is 0 Å². The van der Waals surface area contributed by atoms with E-state index >= 15 is 0 Å². The first kappa shape index (κ1) is 10.2. The van der Waals surface area contributed by atoms with Gasteiger partial charge in [0.15, 0.2) is 6.39 Å². The third kappa shape index (κ3) is 4.07. The lowest BCUT2D eigenvalue weighted by atomic mass is 11.0. The molecule has 0 fully saturated rings. The zero-order valence-electron chi connectivity index (χ0n) is 6.38. The predicted octanol–water partition coefficient (Wildman–Crippen LogP) is 1.09. The first-order valence-electron chi connectivity index (χ1n) is 2.86. The van der Waals surface area contributed by atoms with E-state index in [9.17, 15) is 0 Å². The van der Waals surface area contributed by atoms with Crippen molar-refractivity contribution in [1.82, 2.24) is 16.1 Å². The highest BCUT2D eigenvalue weighted by molar-refractivity contribution is 5.04. The van der Waals surface area contributed by atoms with Crippen LogP contribution < -0.4 is 11.9 Å². The maximum absolute atomic E-state index is 5.00. The topological polar surface area (TPSA) is 113 Å². The van der Waals surface area contributed by atoms with Gasteiger partial charge in [-0.05, 0) is 0 Å². The Bertz CT molecular complexity index is 236. The Hall–Kier alpha value is -1.82. The largest absolute Gasteiger partial charge is 0.452 e. The Morgan fingerprint density at radius 2 is 2.08 bits per heavy atom. The summed E-state index contributed by atoms with van der Waals surface area (Å²) < 4.78 is 8.97. The minimum atomic E-state index is 0. The van der Waals surface area contributed by atoms with Crippen LogP contribution in [0.4, 0.5) is 6.01 Å². The van der Waals surface area contributed by atoms with E-state index in [1.54, 1.807) is 6.20 Å². The molecule has 2 aromatic rings. The number of anilines is 1. The van der Waals surface area contributed by atoms with Crippen LogP contribution in [0.3, 0.4) is 0 Å². The summed E-state index contributed by atoms with van der Waals surface area (Å²) >= 11 is 0. The lowest BCUT2D eigenvalue weighted by Gasteiger charge is -1.68. The highest BCUT2D eigenvalue weighted by Gasteiger charge is 1.78. The van der Waals surface area contributed by atoms with E-state index in [1.165, 1.54) is 25.1 Å². The number of hydrogen-bond donors (Lipinski definition) is 2. The first-order valence-corrected chi connectivity index (χ1v) is 2.86. The number of rotatable bonds is 0. The highest BCUT2D eigenvalue weighted by Crippen LogP contribution is 1.90. The van der Waals surface area contributed by atoms with Crippen molar-refractivity contribution in [3.05, 3.63) is 31.3 Å². The van der Waals surface area contributed by atoms with E-state index in [4.69, 9.17) is 5.73 Å². The number of hydrogen-bond acceptors (Lipinski definition) is 6. The van der Waals surface area contributed by atoms with Crippen molar-refractivity contribution in [3.8, 4) is 0 Å². The first-order chi connectivity index (χ1) is 5.39. The van der Waals surface area contributed by atoms with Gasteiger partial charge >= 0.3 is 0 Å². The van der Waals surface area contributed by atoms with Crippen molar-refractivity contribution in [2.24, 2.45) is 0 Å². The van der Waals surface area contributed by atoms with Crippen molar-refractivity contribution >= 4 is 6.01 Å². The summed E-state index contributed by atoms with van der Waals surface area (Å²) in [5.41, 5.74) is 5.00. The molecule has 6 nitrogen and oxygen atoms in total. The molecule has 12 heavy (non-hydrogen) atoms. The van der Waals surface area contributed by atoms with Crippen LogP contribution in [-0.2, 0) is 0 Å².